The van der Waals surface area contributed by atoms with E-state index in [0.717, 1.165) is 5.56 Å². The summed E-state index contributed by atoms with van der Waals surface area (Å²) in [5, 5.41) is 12.7. The van der Waals surface area contributed by atoms with Crippen LogP contribution in [-0.2, 0) is 0 Å². The number of aromatic hydroxyl groups is 1. The van der Waals surface area contributed by atoms with Crippen LogP contribution in [0.15, 0.2) is 42.5 Å². The second kappa shape index (κ2) is 6.63. The quantitative estimate of drug-likeness (QED) is 0.831. The van der Waals surface area contributed by atoms with Crippen LogP contribution < -0.4 is 10.1 Å². The van der Waals surface area contributed by atoms with E-state index in [1.54, 1.807) is 24.3 Å². The van der Waals surface area contributed by atoms with E-state index in [1.807, 2.05) is 13.0 Å². The molecule has 3 nitrogen and oxygen atoms in total. The van der Waals surface area contributed by atoms with Crippen LogP contribution in [0.5, 0.6) is 11.5 Å². The van der Waals surface area contributed by atoms with Crippen molar-refractivity contribution in [2.75, 3.05) is 5.32 Å². The highest BCUT2D eigenvalue weighted by Gasteiger charge is 2.11. The first-order valence-electron chi connectivity index (χ1n) is 6.25. The molecule has 0 saturated carbocycles. The van der Waals surface area contributed by atoms with Crippen LogP contribution in [0, 0.1) is 0 Å². The first-order chi connectivity index (χ1) is 9.95. The van der Waals surface area contributed by atoms with Crippen molar-refractivity contribution in [3.05, 3.63) is 53.1 Å². The van der Waals surface area contributed by atoms with E-state index in [0.29, 0.717) is 5.69 Å². The lowest BCUT2D eigenvalue weighted by atomic mass is 10.1. The lowest BCUT2D eigenvalue weighted by Crippen LogP contribution is -2.07. The van der Waals surface area contributed by atoms with Gasteiger partial charge in [-0.3, -0.25) is 0 Å². The van der Waals surface area contributed by atoms with Gasteiger partial charge in [-0.2, -0.15) is 8.78 Å². The molecular weight excluding hydrogens is 300 g/mol. The molecule has 0 aromatic heterocycles. The van der Waals surface area contributed by atoms with Gasteiger partial charge < -0.3 is 15.2 Å². The Morgan fingerprint density at radius 1 is 1.19 bits per heavy atom. The number of phenolic OH excluding ortho intramolecular Hbond substituents is 1. The van der Waals surface area contributed by atoms with Gasteiger partial charge in [-0.25, -0.2) is 0 Å². The van der Waals surface area contributed by atoms with E-state index < -0.39 is 6.61 Å². The van der Waals surface area contributed by atoms with Gasteiger partial charge in [0, 0.05) is 11.7 Å². The molecule has 2 aromatic carbocycles. The minimum absolute atomic E-state index is 0.0674. The van der Waals surface area contributed by atoms with Gasteiger partial charge >= 0.3 is 6.61 Å². The molecule has 0 fully saturated rings. The third kappa shape index (κ3) is 4.23. The number of hydrogen-bond donors (Lipinski definition) is 2. The fourth-order valence-electron chi connectivity index (χ4n) is 1.91. The Kier molecular flexibility index (Phi) is 4.85. The van der Waals surface area contributed by atoms with E-state index in [4.69, 9.17) is 11.6 Å². The molecule has 21 heavy (non-hydrogen) atoms. The Hall–Kier alpha value is -2.01. The summed E-state index contributed by atoms with van der Waals surface area (Å²) in [4.78, 5) is 0. The first-order valence-corrected chi connectivity index (χ1v) is 6.63. The highest BCUT2D eigenvalue weighted by Crippen LogP contribution is 2.30. The number of nitrogens with one attached hydrogen (secondary N) is 1. The van der Waals surface area contributed by atoms with Crippen molar-refractivity contribution in [1.82, 2.24) is 0 Å². The zero-order chi connectivity index (χ0) is 15.4. The highest BCUT2D eigenvalue weighted by atomic mass is 35.5. The van der Waals surface area contributed by atoms with Crippen LogP contribution in [0.1, 0.15) is 18.5 Å². The summed E-state index contributed by atoms with van der Waals surface area (Å²) in [6, 6.07) is 11.3. The number of phenols is 1. The summed E-state index contributed by atoms with van der Waals surface area (Å²) in [5.41, 5.74) is 1.55. The lowest BCUT2D eigenvalue weighted by molar-refractivity contribution is -0.0497. The number of anilines is 1. The van der Waals surface area contributed by atoms with E-state index in [2.05, 4.69) is 10.1 Å². The second-order valence-corrected chi connectivity index (χ2v) is 4.89. The Bertz CT molecular complexity index is 622. The number of ether oxygens (including phenoxy) is 1. The molecule has 2 N–H and O–H groups in total. The topological polar surface area (TPSA) is 41.5 Å². The van der Waals surface area contributed by atoms with Gasteiger partial charge in [-0.05, 0) is 42.8 Å². The van der Waals surface area contributed by atoms with Crippen LogP contribution in [0.2, 0.25) is 5.02 Å². The average Bonchev–Trinajstić information content (AvgIpc) is 2.41. The molecule has 0 aliphatic rings. The summed E-state index contributed by atoms with van der Waals surface area (Å²) in [5.74, 6) is 0.113. The van der Waals surface area contributed by atoms with Gasteiger partial charge in [-0.15, -0.1) is 0 Å². The molecule has 0 amide bonds. The van der Waals surface area contributed by atoms with Crippen molar-refractivity contribution < 1.29 is 18.6 Å². The Morgan fingerprint density at radius 2 is 1.95 bits per heavy atom. The number of alkyl halides is 2. The SMILES string of the molecule is CC(Nc1ccc(OC(F)F)c(Cl)c1)c1cccc(O)c1. The molecule has 0 saturated heterocycles. The standard InChI is InChI=1S/C15H14ClF2NO2/c1-9(10-3-2-4-12(20)7-10)19-11-5-6-14(13(16)8-11)21-15(17)18/h2-9,15,19-20H,1H3. The molecule has 2 aromatic rings. The molecule has 0 radical (unpaired) electrons. The van der Waals surface area contributed by atoms with Crippen molar-refractivity contribution in [3.8, 4) is 11.5 Å². The normalized spacial score (nSPS) is 12.2. The van der Waals surface area contributed by atoms with Gasteiger partial charge in [0.2, 0.25) is 0 Å². The summed E-state index contributed by atoms with van der Waals surface area (Å²) >= 11 is 5.89. The van der Waals surface area contributed by atoms with Crippen LogP contribution >= 0.6 is 11.6 Å². The summed E-state index contributed by atoms with van der Waals surface area (Å²) in [6.07, 6.45) is 0. The van der Waals surface area contributed by atoms with Crippen molar-refractivity contribution in [3.63, 3.8) is 0 Å². The van der Waals surface area contributed by atoms with E-state index in [-0.39, 0.29) is 22.6 Å². The molecule has 0 spiro atoms. The predicted octanol–water partition coefficient (Wildman–Crippen LogP) is 4.82. The van der Waals surface area contributed by atoms with Crippen LogP contribution in [0.4, 0.5) is 14.5 Å². The Morgan fingerprint density at radius 3 is 2.57 bits per heavy atom. The molecule has 0 bridgehead atoms. The van der Waals surface area contributed by atoms with Crippen molar-refractivity contribution in [2.45, 2.75) is 19.6 Å². The maximum atomic E-state index is 12.2. The zero-order valence-electron chi connectivity index (χ0n) is 11.2. The number of rotatable bonds is 5. The van der Waals surface area contributed by atoms with Crippen molar-refractivity contribution in [1.29, 1.82) is 0 Å². The average molecular weight is 314 g/mol. The van der Waals surface area contributed by atoms with E-state index in [1.165, 1.54) is 12.1 Å². The minimum Gasteiger partial charge on any atom is -0.508 e. The smallest absolute Gasteiger partial charge is 0.387 e. The first kappa shape index (κ1) is 15.4. The number of halogens is 3. The second-order valence-electron chi connectivity index (χ2n) is 4.48. The maximum Gasteiger partial charge on any atom is 0.387 e. The molecule has 0 aliphatic heterocycles. The molecule has 1 unspecified atom stereocenters. The zero-order valence-corrected chi connectivity index (χ0v) is 11.9. The van der Waals surface area contributed by atoms with Gasteiger partial charge in [0.1, 0.15) is 11.5 Å². The monoisotopic (exact) mass is 313 g/mol. The highest BCUT2D eigenvalue weighted by molar-refractivity contribution is 6.32. The third-order valence-electron chi connectivity index (χ3n) is 2.90. The summed E-state index contributed by atoms with van der Waals surface area (Å²) in [7, 11) is 0. The van der Waals surface area contributed by atoms with Gasteiger partial charge in [0.15, 0.2) is 0 Å². The Balaban J connectivity index is 2.11. The molecule has 2 rings (SSSR count). The molecule has 1 atom stereocenters. The lowest BCUT2D eigenvalue weighted by Gasteiger charge is -2.17. The Labute approximate surface area is 126 Å². The number of benzene rings is 2. The van der Waals surface area contributed by atoms with Gasteiger partial charge in [0.25, 0.3) is 0 Å². The predicted molar refractivity (Wildman–Crippen MR) is 78.2 cm³/mol. The van der Waals surface area contributed by atoms with Crippen LogP contribution in [-0.4, -0.2) is 11.7 Å². The largest absolute Gasteiger partial charge is 0.508 e. The van der Waals surface area contributed by atoms with Crippen molar-refractivity contribution >= 4 is 17.3 Å². The van der Waals surface area contributed by atoms with E-state index >= 15 is 0 Å². The van der Waals surface area contributed by atoms with Gasteiger partial charge in [0.05, 0.1) is 5.02 Å². The number of hydrogen-bond acceptors (Lipinski definition) is 3. The fraction of sp³-hybridized carbons (Fsp3) is 0.200. The molecule has 6 heteroatoms. The molecule has 0 aliphatic carbocycles. The fourth-order valence-corrected chi connectivity index (χ4v) is 2.13. The summed E-state index contributed by atoms with van der Waals surface area (Å²) in [6.45, 7) is -1.00. The van der Waals surface area contributed by atoms with Gasteiger partial charge in [-0.1, -0.05) is 23.7 Å². The molecule has 112 valence electrons. The summed E-state index contributed by atoms with van der Waals surface area (Å²) < 4.78 is 28.6. The van der Waals surface area contributed by atoms with E-state index in [9.17, 15) is 13.9 Å². The van der Waals surface area contributed by atoms with Crippen molar-refractivity contribution in [2.24, 2.45) is 0 Å². The molecular formula is C15H14ClF2NO2. The minimum atomic E-state index is -2.91. The van der Waals surface area contributed by atoms with Crippen LogP contribution in [0.3, 0.4) is 0 Å². The van der Waals surface area contributed by atoms with Crippen LogP contribution in [0.25, 0.3) is 0 Å². The maximum absolute atomic E-state index is 12.2. The molecule has 0 heterocycles. The third-order valence-corrected chi connectivity index (χ3v) is 3.20.